The Bertz CT molecular complexity index is 1920. The second-order valence-corrected chi connectivity index (χ2v) is 9.29. The number of hydrogen-bond acceptors (Lipinski definition) is 9. The number of methoxy groups -OCH3 is 1. The van der Waals surface area contributed by atoms with Crippen LogP contribution in [0.25, 0.3) is 11.3 Å². The lowest BCUT2D eigenvalue weighted by molar-refractivity contribution is 0.0590. The molecule has 0 atom stereocenters. The molecule has 0 aliphatic heterocycles. The van der Waals surface area contributed by atoms with Gasteiger partial charge in [0.05, 0.1) is 17.2 Å². The van der Waals surface area contributed by atoms with Gasteiger partial charge in [-0.1, -0.05) is 35.3 Å². The summed E-state index contributed by atoms with van der Waals surface area (Å²) in [6.07, 6.45) is 3.00. The van der Waals surface area contributed by atoms with E-state index in [0.717, 1.165) is 21.5 Å². The number of ketones is 1. The molecule has 2 N–H and O–H groups in total. The molecule has 1 aromatic carbocycles. The van der Waals surface area contributed by atoms with E-state index in [9.17, 15) is 33.8 Å². The van der Waals surface area contributed by atoms with E-state index < -0.39 is 40.1 Å². The SMILES string of the molecule is COC(=O)c1nc2ccc(Cl)cn2c(=O)c1O.O=C(CCc1ccc(F)cc1)c1nc2ccc(Cl)cn2c(=O)c1O. The van der Waals surface area contributed by atoms with Crippen LogP contribution in [0.2, 0.25) is 10.0 Å². The summed E-state index contributed by atoms with van der Waals surface area (Å²) in [5.41, 5.74) is -1.05. The number of halogens is 3. The van der Waals surface area contributed by atoms with Gasteiger partial charge in [-0.05, 0) is 48.4 Å². The van der Waals surface area contributed by atoms with Crippen LogP contribution in [0, 0.1) is 5.82 Å². The fourth-order valence-electron chi connectivity index (χ4n) is 3.67. The van der Waals surface area contributed by atoms with Gasteiger partial charge in [0.2, 0.25) is 11.5 Å². The van der Waals surface area contributed by atoms with Crippen LogP contribution in [0.4, 0.5) is 4.39 Å². The molecule has 11 nitrogen and oxygen atoms in total. The van der Waals surface area contributed by atoms with Crippen molar-refractivity contribution in [3.05, 3.63) is 114 Å². The molecule has 0 bridgehead atoms. The lowest BCUT2D eigenvalue weighted by Crippen LogP contribution is -2.19. The number of rotatable bonds is 5. The Hall–Kier alpha value is -4.81. The van der Waals surface area contributed by atoms with Gasteiger partial charge in [0.15, 0.2) is 17.2 Å². The molecule has 14 heteroatoms. The second kappa shape index (κ2) is 12.1. The van der Waals surface area contributed by atoms with Crippen LogP contribution in [0.5, 0.6) is 11.5 Å². The van der Waals surface area contributed by atoms with E-state index >= 15 is 0 Å². The van der Waals surface area contributed by atoms with Gasteiger partial charge in [0.25, 0.3) is 0 Å². The van der Waals surface area contributed by atoms with Crippen LogP contribution in [0.1, 0.15) is 33.0 Å². The van der Waals surface area contributed by atoms with Gasteiger partial charge in [-0.3, -0.25) is 23.2 Å². The molecule has 0 saturated heterocycles. The molecule has 0 saturated carbocycles. The van der Waals surface area contributed by atoms with E-state index in [1.807, 2.05) is 0 Å². The van der Waals surface area contributed by atoms with Crippen molar-refractivity contribution in [1.82, 2.24) is 18.8 Å². The Balaban J connectivity index is 0.000000201. The van der Waals surface area contributed by atoms with Gasteiger partial charge < -0.3 is 14.9 Å². The van der Waals surface area contributed by atoms with Gasteiger partial charge in [-0.25, -0.2) is 19.2 Å². The second-order valence-electron chi connectivity index (χ2n) is 8.42. The van der Waals surface area contributed by atoms with Crippen LogP contribution in [0.15, 0.2) is 70.5 Å². The van der Waals surface area contributed by atoms with E-state index in [1.54, 1.807) is 12.1 Å². The molecule has 5 aromatic rings. The van der Waals surface area contributed by atoms with Crippen molar-refractivity contribution in [2.24, 2.45) is 0 Å². The first-order chi connectivity index (χ1) is 19.5. The lowest BCUT2D eigenvalue weighted by atomic mass is 10.1. The number of fused-ring (bicyclic) bond motifs is 2. The highest BCUT2D eigenvalue weighted by molar-refractivity contribution is 6.30. The zero-order valence-corrected chi connectivity index (χ0v) is 22.6. The highest BCUT2D eigenvalue weighted by Crippen LogP contribution is 2.17. The third-order valence-electron chi connectivity index (χ3n) is 5.72. The molecule has 4 aromatic heterocycles. The first kappa shape index (κ1) is 29.2. The monoisotopic (exact) mass is 600 g/mol. The minimum Gasteiger partial charge on any atom is -0.501 e. The summed E-state index contributed by atoms with van der Waals surface area (Å²) in [6, 6.07) is 11.8. The fourth-order valence-corrected chi connectivity index (χ4v) is 3.99. The molecule has 0 radical (unpaired) electrons. The molecular weight excluding hydrogens is 582 g/mol. The topological polar surface area (TPSA) is 153 Å². The van der Waals surface area contributed by atoms with Crippen molar-refractivity contribution in [3.63, 3.8) is 0 Å². The first-order valence-electron chi connectivity index (χ1n) is 11.7. The van der Waals surface area contributed by atoms with Crippen LogP contribution < -0.4 is 11.1 Å². The number of pyridine rings is 2. The Morgan fingerprint density at radius 1 is 0.829 bits per heavy atom. The average molecular weight is 601 g/mol. The van der Waals surface area contributed by atoms with Crippen LogP contribution in [-0.2, 0) is 11.2 Å². The predicted molar refractivity (Wildman–Crippen MR) is 147 cm³/mol. The van der Waals surface area contributed by atoms with Gasteiger partial charge in [0, 0.05) is 18.8 Å². The number of Topliss-reactive ketones (excluding diaryl/α,β-unsaturated/α-hetero) is 1. The fraction of sp³-hybridized carbons (Fsp3) is 0.111. The Kier molecular flexibility index (Phi) is 8.65. The van der Waals surface area contributed by atoms with Crippen LogP contribution in [0.3, 0.4) is 0 Å². The highest BCUT2D eigenvalue weighted by atomic mass is 35.5. The van der Waals surface area contributed by atoms with Gasteiger partial charge in [-0.2, -0.15) is 0 Å². The number of nitrogens with zero attached hydrogens (tertiary/aromatic N) is 4. The molecule has 4 heterocycles. The summed E-state index contributed by atoms with van der Waals surface area (Å²) in [7, 11) is 1.13. The molecule has 0 aliphatic carbocycles. The van der Waals surface area contributed by atoms with Crippen molar-refractivity contribution in [2.45, 2.75) is 12.8 Å². The number of aromatic nitrogens is 4. The third-order valence-corrected chi connectivity index (χ3v) is 6.17. The molecule has 0 fully saturated rings. The maximum Gasteiger partial charge on any atom is 0.360 e. The van der Waals surface area contributed by atoms with Crippen molar-refractivity contribution in [2.75, 3.05) is 7.11 Å². The standard InChI is InChI=1S/C17H12ClFN2O3.C10H7ClN2O4/c18-11-4-8-14-20-15(16(23)17(24)21(14)9-11)13(22)7-3-10-1-5-12(19)6-2-10;1-17-10(16)7-8(14)9(15)13-4-5(11)2-3-6(13)12-7/h1-2,4-6,8-9,23H,3,7H2;2-4,14H,1H3. The molecule has 210 valence electrons. The summed E-state index contributed by atoms with van der Waals surface area (Å²) in [5, 5.41) is 20.1. The number of aryl methyl sites for hydroxylation is 1. The van der Waals surface area contributed by atoms with Crippen LogP contribution in [-0.4, -0.2) is 47.8 Å². The molecule has 0 unspecified atom stereocenters. The Labute approximate surface area is 239 Å². The van der Waals surface area contributed by atoms with E-state index in [2.05, 4.69) is 14.7 Å². The van der Waals surface area contributed by atoms with E-state index in [1.165, 1.54) is 48.8 Å². The summed E-state index contributed by atoms with van der Waals surface area (Å²) in [6.45, 7) is 0. The molecule has 0 spiro atoms. The van der Waals surface area contributed by atoms with Crippen LogP contribution >= 0.6 is 23.2 Å². The molecule has 5 rings (SSSR count). The van der Waals surface area contributed by atoms with E-state index in [0.29, 0.717) is 16.5 Å². The number of hydrogen-bond donors (Lipinski definition) is 2. The first-order valence-corrected chi connectivity index (χ1v) is 12.4. The summed E-state index contributed by atoms with van der Waals surface area (Å²) in [5.74, 6) is -3.18. The lowest BCUT2D eigenvalue weighted by Gasteiger charge is -2.06. The zero-order valence-electron chi connectivity index (χ0n) is 21.0. The number of carbonyl (C=O) groups excluding carboxylic acids is 2. The Morgan fingerprint density at radius 2 is 1.32 bits per heavy atom. The summed E-state index contributed by atoms with van der Waals surface area (Å²) in [4.78, 5) is 55.3. The normalized spacial score (nSPS) is 10.7. The van der Waals surface area contributed by atoms with E-state index in [4.69, 9.17) is 23.2 Å². The Morgan fingerprint density at radius 3 is 1.83 bits per heavy atom. The van der Waals surface area contributed by atoms with Gasteiger partial charge in [-0.15, -0.1) is 0 Å². The van der Waals surface area contributed by atoms with E-state index in [-0.39, 0.29) is 29.2 Å². The minimum absolute atomic E-state index is 0.0371. The quantitative estimate of drug-likeness (QED) is 0.226. The maximum atomic E-state index is 12.9. The van der Waals surface area contributed by atoms with Gasteiger partial charge in [0.1, 0.15) is 17.1 Å². The number of benzene rings is 1. The average Bonchev–Trinajstić information content (AvgIpc) is 2.96. The van der Waals surface area contributed by atoms with Crippen molar-refractivity contribution in [3.8, 4) is 11.5 Å². The maximum absolute atomic E-state index is 12.9. The number of carbonyl (C=O) groups is 2. The predicted octanol–water partition coefficient (Wildman–Crippen LogP) is 3.85. The number of esters is 1. The molecule has 0 amide bonds. The minimum atomic E-state index is -0.878. The van der Waals surface area contributed by atoms with Gasteiger partial charge >= 0.3 is 17.1 Å². The molecular formula is C27H19Cl2FN4O7. The molecule has 41 heavy (non-hydrogen) atoms. The summed E-state index contributed by atoms with van der Waals surface area (Å²) >= 11 is 11.5. The summed E-state index contributed by atoms with van der Waals surface area (Å²) < 4.78 is 19.4. The zero-order chi connectivity index (χ0) is 29.8. The molecule has 0 aliphatic rings. The van der Waals surface area contributed by atoms with Crippen molar-refractivity contribution >= 4 is 46.2 Å². The number of ether oxygens (including phenoxy) is 1. The number of aromatic hydroxyl groups is 2. The van der Waals surface area contributed by atoms with Crippen molar-refractivity contribution < 1.29 is 28.9 Å². The third kappa shape index (κ3) is 6.34. The van der Waals surface area contributed by atoms with Crippen molar-refractivity contribution in [1.29, 1.82) is 0 Å². The highest BCUT2D eigenvalue weighted by Gasteiger charge is 2.20. The smallest absolute Gasteiger partial charge is 0.360 e. The largest absolute Gasteiger partial charge is 0.501 e.